The molecule has 0 aromatic heterocycles. The lowest BCUT2D eigenvalue weighted by molar-refractivity contribution is -0.136. The predicted molar refractivity (Wildman–Crippen MR) is 87.3 cm³/mol. The van der Waals surface area contributed by atoms with Gasteiger partial charge >= 0.3 is 5.97 Å². The molecule has 3 rings (SSSR count). The molecule has 124 valence electrons. The number of nitrogens with zero attached hydrogens (tertiary/aromatic N) is 1. The van der Waals surface area contributed by atoms with Gasteiger partial charge in [0.2, 0.25) is 0 Å². The van der Waals surface area contributed by atoms with Crippen LogP contribution in [0.4, 0.5) is 5.69 Å². The Morgan fingerprint density at radius 2 is 1.92 bits per heavy atom. The van der Waals surface area contributed by atoms with Crippen LogP contribution < -0.4 is 9.64 Å². The van der Waals surface area contributed by atoms with Crippen LogP contribution in [0.25, 0.3) is 0 Å². The van der Waals surface area contributed by atoms with Gasteiger partial charge in [-0.3, -0.25) is 9.59 Å². The highest BCUT2D eigenvalue weighted by Crippen LogP contribution is 2.37. The van der Waals surface area contributed by atoms with Gasteiger partial charge in [-0.05, 0) is 17.7 Å². The number of carbonyl (C=O) groups is 2. The molecule has 1 atom stereocenters. The van der Waals surface area contributed by atoms with E-state index in [-0.39, 0.29) is 24.6 Å². The normalized spacial score (nSPS) is 16.4. The predicted octanol–water partition coefficient (Wildman–Crippen LogP) is 2.20. The van der Waals surface area contributed by atoms with Gasteiger partial charge in [0.25, 0.3) is 5.91 Å². The third kappa shape index (κ3) is 3.32. The summed E-state index contributed by atoms with van der Waals surface area (Å²) in [6, 6.07) is 14.0. The van der Waals surface area contributed by atoms with Crippen molar-refractivity contribution in [3.8, 4) is 11.5 Å². The number of carboxylic acids is 1. The molecule has 6 heteroatoms. The summed E-state index contributed by atoms with van der Waals surface area (Å²) in [6.07, 6.45) is -0.513. The summed E-state index contributed by atoms with van der Waals surface area (Å²) in [4.78, 5) is 25.0. The number of fused-ring (bicyclic) bond motifs is 1. The second kappa shape index (κ2) is 6.62. The maximum Gasteiger partial charge on any atom is 0.305 e. The Balaban J connectivity index is 1.90. The molecule has 1 aliphatic rings. The lowest BCUT2D eigenvalue weighted by atomic mass is 10.0. The van der Waals surface area contributed by atoms with Gasteiger partial charge in [0.15, 0.2) is 6.10 Å². The highest BCUT2D eigenvalue weighted by molar-refractivity contribution is 6.00. The molecular weight excluding hydrogens is 310 g/mol. The molecule has 2 aromatic rings. The first-order valence-electron chi connectivity index (χ1n) is 7.61. The third-order valence-corrected chi connectivity index (χ3v) is 3.86. The van der Waals surface area contributed by atoms with Crippen LogP contribution in [0.2, 0.25) is 0 Å². The molecule has 1 unspecified atom stereocenters. The van der Waals surface area contributed by atoms with Crippen LogP contribution in [0.15, 0.2) is 48.5 Å². The number of anilines is 1. The van der Waals surface area contributed by atoms with E-state index in [2.05, 4.69) is 0 Å². The fraction of sp³-hybridized carbons (Fsp3) is 0.222. The van der Waals surface area contributed by atoms with E-state index >= 15 is 0 Å². The summed E-state index contributed by atoms with van der Waals surface area (Å²) in [7, 11) is 0. The van der Waals surface area contributed by atoms with Crippen LogP contribution in [-0.4, -0.2) is 34.7 Å². The smallest absolute Gasteiger partial charge is 0.305 e. The Kier molecular flexibility index (Phi) is 4.37. The number of carbonyl (C=O) groups excluding carboxylic acids is 1. The van der Waals surface area contributed by atoms with Crippen molar-refractivity contribution in [3.63, 3.8) is 0 Å². The SMILES string of the molecule is O=C(O)CCN1C(=O)C(Cc2ccccc2)Oc2ccc(O)cc21. The van der Waals surface area contributed by atoms with Gasteiger partial charge in [-0.25, -0.2) is 0 Å². The van der Waals surface area contributed by atoms with Gasteiger partial charge in [-0.1, -0.05) is 30.3 Å². The lowest BCUT2D eigenvalue weighted by Crippen LogP contribution is -2.47. The molecule has 0 aliphatic carbocycles. The molecule has 0 fully saturated rings. The van der Waals surface area contributed by atoms with Gasteiger partial charge < -0.3 is 19.8 Å². The van der Waals surface area contributed by atoms with Crippen molar-refractivity contribution in [1.29, 1.82) is 0 Å². The van der Waals surface area contributed by atoms with Gasteiger partial charge in [-0.2, -0.15) is 0 Å². The molecule has 0 saturated carbocycles. The van der Waals surface area contributed by atoms with Crippen molar-refractivity contribution in [2.24, 2.45) is 0 Å². The summed E-state index contributed by atoms with van der Waals surface area (Å²) in [6.45, 7) is 0.0271. The monoisotopic (exact) mass is 327 g/mol. The van der Waals surface area contributed by atoms with Gasteiger partial charge in [-0.15, -0.1) is 0 Å². The van der Waals surface area contributed by atoms with E-state index in [4.69, 9.17) is 9.84 Å². The number of ether oxygens (including phenoxy) is 1. The summed E-state index contributed by atoms with van der Waals surface area (Å²) in [5.41, 5.74) is 1.35. The Morgan fingerprint density at radius 3 is 2.62 bits per heavy atom. The second-order valence-corrected chi connectivity index (χ2v) is 5.58. The summed E-state index contributed by atoms with van der Waals surface area (Å²) in [5, 5.41) is 18.6. The first-order valence-corrected chi connectivity index (χ1v) is 7.61. The van der Waals surface area contributed by atoms with Gasteiger partial charge in [0.1, 0.15) is 11.5 Å². The maximum atomic E-state index is 12.7. The van der Waals surface area contributed by atoms with Crippen LogP contribution in [0.5, 0.6) is 11.5 Å². The minimum absolute atomic E-state index is 0.00742. The zero-order valence-electron chi connectivity index (χ0n) is 12.9. The molecule has 6 nitrogen and oxygen atoms in total. The largest absolute Gasteiger partial charge is 0.508 e. The Morgan fingerprint density at radius 1 is 1.17 bits per heavy atom. The van der Waals surface area contributed by atoms with E-state index < -0.39 is 12.1 Å². The van der Waals surface area contributed by atoms with Crippen LogP contribution in [0, 0.1) is 0 Å². The number of aromatic hydroxyl groups is 1. The van der Waals surface area contributed by atoms with E-state index in [1.54, 1.807) is 6.07 Å². The zero-order chi connectivity index (χ0) is 17.1. The van der Waals surface area contributed by atoms with Crippen LogP contribution >= 0.6 is 0 Å². The number of amides is 1. The topological polar surface area (TPSA) is 87.1 Å². The van der Waals surface area contributed by atoms with Crippen molar-refractivity contribution in [3.05, 3.63) is 54.1 Å². The number of phenols is 1. The summed E-state index contributed by atoms with van der Waals surface area (Å²) in [5.74, 6) is -0.848. The van der Waals surface area contributed by atoms with Crippen molar-refractivity contribution < 1.29 is 24.5 Å². The average molecular weight is 327 g/mol. The van der Waals surface area contributed by atoms with Gasteiger partial charge in [0.05, 0.1) is 12.1 Å². The Labute approximate surface area is 138 Å². The molecule has 0 bridgehead atoms. The molecule has 24 heavy (non-hydrogen) atoms. The molecule has 0 radical (unpaired) electrons. The van der Waals surface area contributed by atoms with Crippen molar-refractivity contribution in [2.75, 3.05) is 11.4 Å². The van der Waals surface area contributed by atoms with E-state index in [0.29, 0.717) is 17.9 Å². The van der Waals surface area contributed by atoms with E-state index in [9.17, 15) is 14.7 Å². The zero-order valence-corrected chi connectivity index (χ0v) is 12.9. The fourth-order valence-corrected chi connectivity index (χ4v) is 2.71. The molecule has 1 aliphatic heterocycles. The highest BCUT2D eigenvalue weighted by atomic mass is 16.5. The number of aliphatic carboxylic acids is 1. The maximum absolute atomic E-state index is 12.7. The first-order chi connectivity index (χ1) is 11.5. The molecule has 0 spiro atoms. The minimum Gasteiger partial charge on any atom is -0.508 e. The van der Waals surface area contributed by atoms with E-state index in [0.717, 1.165) is 5.56 Å². The van der Waals surface area contributed by atoms with Crippen molar-refractivity contribution >= 4 is 17.6 Å². The van der Waals surface area contributed by atoms with Crippen LogP contribution in [-0.2, 0) is 16.0 Å². The second-order valence-electron chi connectivity index (χ2n) is 5.58. The number of hydrogen-bond acceptors (Lipinski definition) is 4. The Bertz CT molecular complexity index is 759. The summed E-state index contributed by atoms with van der Waals surface area (Å²) < 4.78 is 5.79. The highest BCUT2D eigenvalue weighted by Gasteiger charge is 2.34. The number of hydrogen-bond donors (Lipinski definition) is 2. The number of rotatable bonds is 5. The summed E-state index contributed by atoms with van der Waals surface area (Å²) >= 11 is 0. The first kappa shape index (κ1) is 15.9. The molecule has 1 amide bonds. The van der Waals surface area contributed by atoms with Gasteiger partial charge in [0, 0.05) is 19.0 Å². The van der Waals surface area contributed by atoms with Crippen LogP contribution in [0.1, 0.15) is 12.0 Å². The number of benzene rings is 2. The van der Waals surface area contributed by atoms with Crippen molar-refractivity contribution in [2.45, 2.75) is 18.9 Å². The third-order valence-electron chi connectivity index (χ3n) is 3.86. The number of phenolic OH excluding ortho intramolecular Hbond substituents is 1. The Hall–Kier alpha value is -3.02. The molecule has 2 aromatic carbocycles. The average Bonchev–Trinajstić information content (AvgIpc) is 2.56. The quantitative estimate of drug-likeness (QED) is 0.879. The lowest BCUT2D eigenvalue weighted by Gasteiger charge is -2.34. The molecule has 0 saturated heterocycles. The van der Waals surface area contributed by atoms with Crippen molar-refractivity contribution in [1.82, 2.24) is 0 Å². The minimum atomic E-state index is -0.990. The molecule has 1 heterocycles. The molecular formula is C18H17NO5. The molecule has 2 N–H and O–H groups in total. The fourth-order valence-electron chi connectivity index (χ4n) is 2.71. The van der Waals surface area contributed by atoms with Crippen LogP contribution in [0.3, 0.4) is 0 Å². The van der Waals surface area contributed by atoms with E-state index in [1.165, 1.54) is 17.0 Å². The standard InChI is InChI=1S/C18H17NO5/c20-13-6-7-15-14(11-13)19(9-8-17(21)22)18(23)16(24-15)10-12-4-2-1-3-5-12/h1-7,11,16,20H,8-10H2,(H,21,22). The van der Waals surface area contributed by atoms with E-state index in [1.807, 2.05) is 30.3 Å². The number of carboxylic acid groups (broad SMARTS) is 1.